The Labute approximate surface area is 204 Å². The van der Waals surface area contributed by atoms with Crippen LogP contribution in [0, 0.1) is 5.92 Å². The third-order valence-corrected chi connectivity index (χ3v) is 7.00. The zero-order valence-electron chi connectivity index (χ0n) is 18.6. The molecule has 2 aromatic rings. The average molecular weight is 491 g/mol. The molecule has 3 atom stereocenters. The molecule has 0 saturated heterocycles. The van der Waals surface area contributed by atoms with Crippen LogP contribution in [0.2, 0.25) is 5.02 Å². The molecule has 1 saturated carbocycles. The summed E-state index contributed by atoms with van der Waals surface area (Å²) in [6.45, 7) is 2.49. The Kier molecular flexibility index (Phi) is 7.66. The highest BCUT2D eigenvalue weighted by Crippen LogP contribution is 2.35. The number of amides is 2. The third kappa shape index (κ3) is 5.39. The van der Waals surface area contributed by atoms with Gasteiger partial charge in [-0.3, -0.25) is 9.59 Å². The molecule has 0 aromatic heterocycles. The van der Waals surface area contributed by atoms with Crippen LogP contribution < -0.4 is 14.8 Å². The number of alkyl halides is 1. The first-order valence-corrected chi connectivity index (χ1v) is 12.2. The zero-order chi connectivity index (χ0) is 23.4. The molecular weight excluding hydrogens is 463 g/mol. The average Bonchev–Trinajstić information content (AvgIpc) is 3.29. The second-order valence-corrected chi connectivity index (χ2v) is 9.32. The van der Waals surface area contributed by atoms with Crippen molar-refractivity contribution in [2.45, 2.75) is 51.2 Å². The molecule has 2 amide bonds. The van der Waals surface area contributed by atoms with Gasteiger partial charge in [0.15, 0.2) is 11.5 Å². The first-order valence-electron chi connectivity index (χ1n) is 11.3. The van der Waals surface area contributed by atoms with Gasteiger partial charge in [-0.05, 0) is 42.5 Å². The van der Waals surface area contributed by atoms with Crippen molar-refractivity contribution in [1.29, 1.82) is 0 Å². The molecule has 6 nitrogen and oxygen atoms in total. The highest BCUT2D eigenvalue weighted by molar-refractivity contribution is 6.31. The smallest absolute Gasteiger partial charge is 0.247 e. The first-order chi connectivity index (χ1) is 16.0. The number of fused-ring (bicyclic) bond motifs is 1. The molecule has 2 aromatic carbocycles. The van der Waals surface area contributed by atoms with E-state index in [9.17, 15) is 9.59 Å². The molecule has 2 aliphatic rings. The van der Waals surface area contributed by atoms with Crippen molar-refractivity contribution in [1.82, 2.24) is 10.2 Å². The van der Waals surface area contributed by atoms with Crippen LogP contribution in [-0.4, -0.2) is 35.4 Å². The van der Waals surface area contributed by atoms with Crippen LogP contribution >= 0.6 is 23.2 Å². The zero-order valence-corrected chi connectivity index (χ0v) is 20.1. The van der Waals surface area contributed by atoms with E-state index in [1.165, 1.54) is 11.3 Å². The quantitative estimate of drug-likeness (QED) is 0.549. The van der Waals surface area contributed by atoms with E-state index in [1.807, 2.05) is 18.2 Å². The maximum Gasteiger partial charge on any atom is 0.247 e. The Balaban J connectivity index is 1.68. The first kappa shape index (κ1) is 23.7. The van der Waals surface area contributed by atoms with E-state index < -0.39 is 6.04 Å². The molecule has 0 bridgehead atoms. The summed E-state index contributed by atoms with van der Waals surface area (Å²) in [4.78, 5) is 28.2. The summed E-state index contributed by atoms with van der Waals surface area (Å²) in [5, 5.41) is 3.63. The van der Waals surface area contributed by atoms with Crippen molar-refractivity contribution >= 4 is 35.0 Å². The number of hydrogen-bond acceptors (Lipinski definition) is 4. The Hall–Kier alpha value is -2.44. The molecular formula is C25H28Cl2N2O4. The van der Waals surface area contributed by atoms with Crippen LogP contribution in [0.25, 0.3) is 0 Å². The minimum Gasteiger partial charge on any atom is -0.454 e. The minimum atomic E-state index is -0.913. The normalized spacial score (nSPS) is 20.2. The summed E-state index contributed by atoms with van der Waals surface area (Å²) in [6, 6.07) is 11.8. The van der Waals surface area contributed by atoms with Crippen LogP contribution in [0.4, 0.5) is 0 Å². The lowest BCUT2D eigenvalue weighted by Gasteiger charge is -2.35. The van der Waals surface area contributed by atoms with E-state index in [0.29, 0.717) is 28.0 Å². The van der Waals surface area contributed by atoms with E-state index in [0.717, 1.165) is 24.8 Å². The molecule has 1 aliphatic carbocycles. The number of nitrogens with zero attached hydrogens (tertiary/aromatic N) is 1. The second kappa shape index (κ2) is 10.7. The summed E-state index contributed by atoms with van der Waals surface area (Å²) in [6.07, 6.45) is 4.24. The molecule has 1 fully saturated rings. The number of benzene rings is 2. The molecule has 0 spiro atoms. The van der Waals surface area contributed by atoms with Gasteiger partial charge in [-0.2, -0.15) is 0 Å². The van der Waals surface area contributed by atoms with Crippen molar-refractivity contribution in [3.8, 4) is 11.5 Å². The SMILES string of the molecule is C[C@@H]1CCCC[C@H]1NC(=O)[C@@H](c1ccccc1Cl)N(Cc1ccc2c(c1)OCO2)C(=O)CCl. The Morgan fingerprint density at radius 2 is 1.88 bits per heavy atom. The van der Waals surface area contributed by atoms with Gasteiger partial charge in [-0.25, -0.2) is 0 Å². The van der Waals surface area contributed by atoms with Crippen LogP contribution in [0.15, 0.2) is 42.5 Å². The number of halogens is 2. The molecule has 176 valence electrons. The second-order valence-electron chi connectivity index (χ2n) is 8.64. The fourth-order valence-corrected chi connectivity index (χ4v) is 4.97. The van der Waals surface area contributed by atoms with E-state index in [2.05, 4.69) is 12.2 Å². The van der Waals surface area contributed by atoms with E-state index >= 15 is 0 Å². The lowest BCUT2D eigenvalue weighted by molar-refractivity contribution is -0.140. The Bertz CT molecular complexity index is 1020. The fraction of sp³-hybridized carbons (Fsp3) is 0.440. The number of rotatable bonds is 7. The topological polar surface area (TPSA) is 67.9 Å². The van der Waals surface area contributed by atoms with Crippen molar-refractivity contribution < 1.29 is 19.1 Å². The van der Waals surface area contributed by atoms with Gasteiger partial charge in [0.2, 0.25) is 18.6 Å². The van der Waals surface area contributed by atoms with Crippen molar-refractivity contribution in [2.24, 2.45) is 5.92 Å². The van der Waals surface area contributed by atoms with Crippen molar-refractivity contribution in [3.05, 3.63) is 58.6 Å². The monoisotopic (exact) mass is 490 g/mol. The minimum absolute atomic E-state index is 0.0646. The predicted octanol–water partition coefficient (Wildman–Crippen LogP) is 5.07. The van der Waals surface area contributed by atoms with Crippen LogP contribution in [0.1, 0.15) is 49.8 Å². The molecule has 8 heteroatoms. The molecule has 0 radical (unpaired) electrons. The molecule has 4 rings (SSSR count). The summed E-state index contributed by atoms with van der Waals surface area (Å²) in [7, 11) is 0. The van der Waals surface area contributed by atoms with Gasteiger partial charge < -0.3 is 19.7 Å². The lowest BCUT2D eigenvalue weighted by atomic mass is 9.85. The number of nitrogens with one attached hydrogen (secondary N) is 1. The van der Waals surface area contributed by atoms with Gasteiger partial charge in [0.25, 0.3) is 0 Å². The standard InChI is InChI=1S/C25H28Cl2N2O4/c1-16-6-2-5-9-20(16)28-25(31)24(18-7-3-4-8-19(18)27)29(23(30)13-26)14-17-10-11-21-22(12-17)33-15-32-21/h3-4,7-8,10-12,16,20,24H,2,5-6,9,13-15H2,1H3,(H,28,31)/t16-,20-,24-/m1/s1. The van der Waals surface area contributed by atoms with Crippen molar-refractivity contribution in [2.75, 3.05) is 12.7 Å². The van der Waals surface area contributed by atoms with E-state index in [-0.39, 0.29) is 37.1 Å². The predicted molar refractivity (Wildman–Crippen MR) is 128 cm³/mol. The summed E-state index contributed by atoms with van der Waals surface area (Å²) in [5.41, 5.74) is 1.37. The van der Waals surface area contributed by atoms with Gasteiger partial charge in [0.1, 0.15) is 11.9 Å². The summed E-state index contributed by atoms with van der Waals surface area (Å²) < 4.78 is 10.9. The molecule has 0 unspecified atom stereocenters. The highest BCUT2D eigenvalue weighted by Gasteiger charge is 2.35. The van der Waals surface area contributed by atoms with Crippen molar-refractivity contribution in [3.63, 3.8) is 0 Å². The van der Waals surface area contributed by atoms with Gasteiger partial charge in [-0.1, -0.05) is 55.6 Å². The number of hydrogen-bond donors (Lipinski definition) is 1. The largest absolute Gasteiger partial charge is 0.454 e. The van der Waals surface area contributed by atoms with E-state index in [4.69, 9.17) is 32.7 Å². The van der Waals surface area contributed by atoms with Gasteiger partial charge >= 0.3 is 0 Å². The van der Waals surface area contributed by atoms with Crippen LogP contribution in [0.5, 0.6) is 11.5 Å². The van der Waals surface area contributed by atoms with Gasteiger partial charge in [-0.15, -0.1) is 11.6 Å². The number of ether oxygens (including phenoxy) is 2. The third-order valence-electron chi connectivity index (χ3n) is 6.42. The van der Waals surface area contributed by atoms with Gasteiger partial charge in [0, 0.05) is 23.2 Å². The van der Waals surface area contributed by atoms with Gasteiger partial charge in [0.05, 0.1) is 0 Å². The van der Waals surface area contributed by atoms with E-state index in [1.54, 1.807) is 24.3 Å². The highest BCUT2D eigenvalue weighted by atomic mass is 35.5. The maximum atomic E-state index is 13.7. The molecule has 1 N–H and O–H groups in total. The molecule has 1 aliphatic heterocycles. The number of carbonyl (C=O) groups is 2. The number of carbonyl (C=O) groups excluding carboxylic acids is 2. The maximum absolute atomic E-state index is 13.7. The van der Waals surface area contributed by atoms with Crippen LogP contribution in [0.3, 0.4) is 0 Å². The Morgan fingerprint density at radius 1 is 1.12 bits per heavy atom. The molecule has 1 heterocycles. The lowest BCUT2D eigenvalue weighted by Crippen LogP contribution is -2.49. The molecule has 33 heavy (non-hydrogen) atoms. The fourth-order valence-electron chi connectivity index (χ4n) is 4.58. The summed E-state index contributed by atoms with van der Waals surface area (Å²) >= 11 is 12.5. The van der Waals surface area contributed by atoms with Crippen LogP contribution in [-0.2, 0) is 16.1 Å². The summed E-state index contributed by atoms with van der Waals surface area (Å²) in [5.74, 6) is 0.785. The Morgan fingerprint density at radius 3 is 2.64 bits per heavy atom.